The third kappa shape index (κ3) is 2.88. The highest BCUT2D eigenvalue weighted by Crippen LogP contribution is 2.37. The maximum Gasteiger partial charge on any atom is 0.310 e. The van der Waals surface area contributed by atoms with E-state index in [9.17, 15) is 20.1 Å². The highest BCUT2D eigenvalue weighted by molar-refractivity contribution is 5.75. The number of carbonyl (C=O) groups is 1. The maximum atomic E-state index is 11.5. The van der Waals surface area contributed by atoms with Crippen LogP contribution in [0.4, 0.5) is 0 Å². The van der Waals surface area contributed by atoms with Crippen molar-refractivity contribution in [2.75, 3.05) is 13.1 Å². The first-order valence-electron chi connectivity index (χ1n) is 6.93. The van der Waals surface area contributed by atoms with Crippen molar-refractivity contribution < 1.29 is 20.1 Å². The molecule has 2 rings (SSSR count). The third-order valence-electron chi connectivity index (χ3n) is 4.08. The number of carboxylic acid groups (broad SMARTS) is 1. The molecule has 0 radical (unpaired) electrons. The number of aromatic hydroxyl groups is 2. The number of phenolic OH excluding ortho intramolecular Hbond substituents is 2. The van der Waals surface area contributed by atoms with E-state index in [2.05, 4.69) is 4.90 Å². The van der Waals surface area contributed by atoms with E-state index in [-0.39, 0.29) is 11.5 Å². The standard InChI is InChI=1S/C15H21NO4/c1-2-5-15(14(19)20)6-7-16(10-15)9-11-3-4-12(17)8-13(11)18/h3-4,8,17-18H,2,5-7,9-10H2,1H3,(H,19,20). The van der Waals surface area contributed by atoms with E-state index >= 15 is 0 Å². The second-order valence-corrected chi connectivity index (χ2v) is 5.61. The number of aliphatic carboxylic acids is 1. The zero-order chi connectivity index (χ0) is 14.8. The van der Waals surface area contributed by atoms with Crippen LogP contribution in [0.2, 0.25) is 0 Å². The summed E-state index contributed by atoms with van der Waals surface area (Å²) in [5, 5.41) is 28.5. The number of benzene rings is 1. The van der Waals surface area contributed by atoms with Crippen molar-refractivity contribution in [2.24, 2.45) is 5.41 Å². The number of likely N-dealkylation sites (tertiary alicyclic amines) is 1. The van der Waals surface area contributed by atoms with Gasteiger partial charge < -0.3 is 15.3 Å². The Morgan fingerprint density at radius 2 is 2.15 bits per heavy atom. The molecule has 5 heteroatoms. The number of rotatable bonds is 5. The summed E-state index contributed by atoms with van der Waals surface area (Å²) in [6.07, 6.45) is 2.18. The van der Waals surface area contributed by atoms with E-state index < -0.39 is 11.4 Å². The molecule has 5 nitrogen and oxygen atoms in total. The Morgan fingerprint density at radius 3 is 2.75 bits per heavy atom. The fourth-order valence-electron chi connectivity index (χ4n) is 2.98. The fraction of sp³-hybridized carbons (Fsp3) is 0.533. The molecule has 20 heavy (non-hydrogen) atoms. The SMILES string of the molecule is CCCC1(C(=O)O)CCN(Cc2ccc(O)cc2O)C1. The van der Waals surface area contributed by atoms with Gasteiger partial charge in [0.05, 0.1) is 5.41 Å². The minimum absolute atomic E-state index is 0.0264. The van der Waals surface area contributed by atoms with Crippen LogP contribution in [-0.2, 0) is 11.3 Å². The molecule has 1 aliphatic heterocycles. The Balaban J connectivity index is 2.07. The van der Waals surface area contributed by atoms with Crippen molar-refractivity contribution in [1.29, 1.82) is 0 Å². The Kier molecular flexibility index (Phi) is 4.18. The Hall–Kier alpha value is -1.75. The molecular formula is C15H21NO4. The van der Waals surface area contributed by atoms with Crippen LogP contribution in [0, 0.1) is 5.41 Å². The van der Waals surface area contributed by atoms with Crippen molar-refractivity contribution in [3.8, 4) is 11.5 Å². The molecule has 1 fully saturated rings. The number of hydrogen-bond donors (Lipinski definition) is 3. The van der Waals surface area contributed by atoms with Crippen LogP contribution in [0.25, 0.3) is 0 Å². The first-order valence-corrected chi connectivity index (χ1v) is 6.93. The molecule has 1 aliphatic rings. The number of nitrogens with zero attached hydrogens (tertiary/aromatic N) is 1. The predicted molar refractivity (Wildman–Crippen MR) is 74.6 cm³/mol. The van der Waals surface area contributed by atoms with E-state index in [1.54, 1.807) is 6.07 Å². The molecule has 0 aromatic heterocycles. The molecule has 110 valence electrons. The largest absolute Gasteiger partial charge is 0.508 e. The lowest BCUT2D eigenvalue weighted by atomic mass is 9.83. The van der Waals surface area contributed by atoms with Gasteiger partial charge in [-0.3, -0.25) is 9.69 Å². The molecule has 0 aliphatic carbocycles. The zero-order valence-electron chi connectivity index (χ0n) is 11.7. The van der Waals surface area contributed by atoms with Crippen molar-refractivity contribution in [2.45, 2.75) is 32.7 Å². The highest BCUT2D eigenvalue weighted by Gasteiger charge is 2.43. The summed E-state index contributed by atoms with van der Waals surface area (Å²) in [7, 11) is 0. The Morgan fingerprint density at radius 1 is 1.40 bits per heavy atom. The summed E-state index contributed by atoms with van der Waals surface area (Å²) in [5.41, 5.74) is 0.0573. The summed E-state index contributed by atoms with van der Waals surface area (Å²) in [5.74, 6) is -0.649. The Labute approximate surface area is 118 Å². The van der Waals surface area contributed by atoms with Gasteiger partial charge in [-0.15, -0.1) is 0 Å². The highest BCUT2D eigenvalue weighted by atomic mass is 16.4. The number of phenols is 2. The minimum atomic E-state index is -0.725. The first-order chi connectivity index (χ1) is 9.47. The van der Waals surface area contributed by atoms with Gasteiger partial charge in [0.25, 0.3) is 0 Å². The van der Waals surface area contributed by atoms with Crippen molar-refractivity contribution in [1.82, 2.24) is 4.90 Å². The van der Waals surface area contributed by atoms with E-state index in [1.807, 2.05) is 6.92 Å². The van der Waals surface area contributed by atoms with Crippen molar-refractivity contribution in [3.05, 3.63) is 23.8 Å². The number of hydrogen-bond acceptors (Lipinski definition) is 4. The van der Waals surface area contributed by atoms with Gasteiger partial charge in [0, 0.05) is 24.7 Å². The van der Waals surface area contributed by atoms with Crippen LogP contribution >= 0.6 is 0 Å². The van der Waals surface area contributed by atoms with Gasteiger partial charge in [-0.1, -0.05) is 19.4 Å². The normalized spacial score (nSPS) is 23.1. The summed E-state index contributed by atoms with van der Waals surface area (Å²) in [6.45, 7) is 3.73. The molecule has 1 saturated heterocycles. The lowest BCUT2D eigenvalue weighted by Crippen LogP contribution is -2.34. The molecule has 1 unspecified atom stereocenters. The van der Waals surface area contributed by atoms with Crippen LogP contribution in [0.3, 0.4) is 0 Å². The van der Waals surface area contributed by atoms with Gasteiger partial charge in [-0.25, -0.2) is 0 Å². The first kappa shape index (κ1) is 14.7. The van der Waals surface area contributed by atoms with Gasteiger partial charge in [-0.2, -0.15) is 0 Å². The third-order valence-corrected chi connectivity index (χ3v) is 4.08. The topological polar surface area (TPSA) is 81.0 Å². The van der Waals surface area contributed by atoms with Crippen LogP contribution in [0.15, 0.2) is 18.2 Å². The van der Waals surface area contributed by atoms with Crippen LogP contribution < -0.4 is 0 Å². The summed E-state index contributed by atoms with van der Waals surface area (Å²) >= 11 is 0. The average molecular weight is 279 g/mol. The molecule has 3 N–H and O–H groups in total. The summed E-state index contributed by atoms with van der Waals surface area (Å²) < 4.78 is 0. The predicted octanol–water partition coefficient (Wildman–Crippen LogP) is 2.17. The molecule has 1 aromatic rings. The summed E-state index contributed by atoms with van der Waals surface area (Å²) in [4.78, 5) is 13.6. The molecule has 0 saturated carbocycles. The monoisotopic (exact) mass is 279 g/mol. The van der Waals surface area contributed by atoms with Gasteiger partial charge in [0.15, 0.2) is 0 Å². The summed E-state index contributed by atoms with van der Waals surface area (Å²) in [6, 6.07) is 4.51. The van der Waals surface area contributed by atoms with Gasteiger partial charge in [0.1, 0.15) is 11.5 Å². The smallest absolute Gasteiger partial charge is 0.310 e. The van der Waals surface area contributed by atoms with Gasteiger partial charge >= 0.3 is 5.97 Å². The van der Waals surface area contributed by atoms with E-state index in [0.717, 1.165) is 6.42 Å². The molecular weight excluding hydrogens is 258 g/mol. The molecule has 0 spiro atoms. The van der Waals surface area contributed by atoms with Crippen LogP contribution in [0.5, 0.6) is 11.5 Å². The zero-order valence-corrected chi connectivity index (χ0v) is 11.7. The van der Waals surface area contributed by atoms with E-state index in [4.69, 9.17) is 0 Å². The second-order valence-electron chi connectivity index (χ2n) is 5.61. The lowest BCUT2D eigenvalue weighted by Gasteiger charge is -2.24. The maximum absolute atomic E-state index is 11.5. The average Bonchev–Trinajstić information content (AvgIpc) is 2.78. The lowest BCUT2D eigenvalue weighted by molar-refractivity contribution is -0.148. The van der Waals surface area contributed by atoms with Crippen molar-refractivity contribution in [3.63, 3.8) is 0 Å². The van der Waals surface area contributed by atoms with E-state index in [0.29, 0.717) is 38.0 Å². The molecule has 1 atom stereocenters. The van der Waals surface area contributed by atoms with Gasteiger partial charge in [-0.05, 0) is 25.5 Å². The number of carboxylic acids is 1. The van der Waals surface area contributed by atoms with E-state index in [1.165, 1.54) is 12.1 Å². The van der Waals surface area contributed by atoms with Crippen LogP contribution in [-0.4, -0.2) is 39.3 Å². The van der Waals surface area contributed by atoms with Gasteiger partial charge in [0.2, 0.25) is 0 Å². The van der Waals surface area contributed by atoms with Crippen LogP contribution in [0.1, 0.15) is 31.7 Å². The fourth-order valence-corrected chi connectivity index (χ4v) is 2.98. The molecule has 1 aromatic carbocycles. The van der Waals surface area contributed by atoms with Crippen molar-refractivity contribution >= 4 is 5.97 Å². The quantitative estimate of drug-likeness (QED) is 0.769. The molecule has 0 amide bonds. The molecule has 0 bridgehead atoms. The minimum Gasteiger partial charge on any atom is -0.508 e. The molecule has 1 heterocycles. The Bertz CT molecular complexity index is 503. The second kappa shape index (κ2) is 5.71.